The zero-order valence-electron chi connectivity index (χ0n) is 78.0. The zero-order chi connectivity index (χ0) is 99.1. The molecule has 2 fully saturated rings. The second kappa shape index (κ2) is 45.7. The summed E-state index contributed by atoms with van der Waals surface area (Å²) in [6.07, 6.45) is 27.4. The van der Waals surface area contributed by atoms with Crippen molar-refractivity contribution in [2.24, 2.45) is 0 Å². The third kappa shape index (κ3) is 25.3. The van der Waals surface area contributed by atoms with E-state index in [2.05, 4.69) is 81.9 Å². The van der Waals surface area contributed by atoms with Crippen molar-refractivity contribution in [3.8, 4) is 96.6 Å². The number of nitrogens with zero attached hydrogens (tertiary/aromatic N) is 18. The minimum absolute atomic E-state index is 0.0470. The maximum atomic E-state index is 13.1. The molecule has 1 aliphatic heterocycles. The Kier molecular flexibility index (Phi) is 31.4. The van der Waals surface area contributed by atoms with Crippen LogP contribution in [0.5, 0.6) is 5.75 Å². The number of rotatable bonds is 35. The van der Waals surface area contributed by atoms with Crippen LogP contribution in [0.15, 0.2) is 262 Å². The molecule has 0 radical (unpaired) electrons. The van der Waals surface area contributed by atoms with Gasteiger partial charge >= 0.3 is 18.0 Å². The first-order chi connectivity index (χ1) is 69.0. The number of hydrogen-bond donors (Lipinski definition) is 6. The van der Waals surface area contributed by atoms with Crippen LogP contribution in [0.3, 0.4) is 0 Å². The van der Waals surface area contributed by atoms with Gasteiger partial charge in [-0.2, -0.15) is 45.1 Å². The number of amides is 4. The average molecular weight is 1930 g/mol. The van der Waals surface area contributed by atoms with Crippen LogP contribution in [0.4, 0.5) is 38.2 Å². The maximum Gasteiger partial charge on any atom is 0.435 e. The minimum atomic E-state index is -0.920. The van der Waals surface area contributed by atoms with Crippen LogP contribution in [0.25, 0.3) is 90.8 Å². The van der Waals surface area contributed by atoms with Gasteiger partial charge in [-0.15, -0.1) is 0 Å². The van der Waals surface area contributed by atoms with Gasteiger partial charge in [-0.25, -0.2) is 19.3 Å². The van der Waals surface area contributed by atoms with E-state index in [0.717, 1.165) is 58.3 Å². The number of methoxy groups -OCH3 is 3. The Morgan fingerprint density at radius 1 is 0.514 bits per heavy atom. The van der Waals surface area contributed by atoms with E-state index in [1.807, 2.05) is 104 Å². The highest BCUT2D eigenvalue weighted by molar-refractivity contribution is 6.07. The van der Waals surface area contributed by atoms with Crippen molar-refractivity contribution in [1.82, 2.24) is 93.8 Å². The van der Waals surface area contributed by atoms with Crippen molar-refractivity contribution in [1.29, 1.82) is 0 Å². The van der Waals surface area contributed by atoms with E-state index in [1.54, 1.807) is 166 Å². The highest BCUT2D eigenvalue weighted by Gasteiger charge is 2.42. The number of carbonyl (C=O) groups excluding carboxylic acids is 6. The molecular weight excluding hydrogens is 1830 g/mol. The summed E-state index contributed by atoms with van der Waals surface area (Å²) in [6, 6.07) is 43.8. The first-order valence-electron chi connectivity index (χ1n) is 44.9. The van der Waals surface area contributed by atoms with Gasteiger partial charge in [0.1, 0.15) is 69.5 Å². The predicted octanol–water partition coefficient (Wildman–Crippen LogP) is 16.7. The van der Waals surface area contributed by atoms with Crippen molar-refractivity contribution in [3.05, 3.63) is 283 Å². The standard InChI is InChI=1S/C32H34N6O7.C24H24N6O5.C21H20N6O5.C21H20N6O3/c1-32(2,21-43-20-22-8-10-24(42-4)11-9-22)45-31(40)38-18-23(17-34-38)27-12-13-28(44-27)30(39)35-26-19-37(15-16-41-3)36-29(26)25-7-5-6-14-33-25;1-24(8-9-24)35-23(32)30-14-16(13-26-30)19-6-7-20(34-19)22(31)27-18-15-29(11-12-33-2)28-21(18)17-5-3-4-10-25-17;1-2-9-31-13-26-12-16(20(25-26)15-5-3-4-8-22-15)24-21(28)18-7-6-17(32-18)14-10-19(23-11-14)27(29)30;28-21(19-5-4-18(30-19)14-11-23-24-12-14)25-17-13-27(15-6-9-29-10-7-15)26-20(17)16-3-1-2-8-22-16/h5-14,17-19H,15-16,20-21H2,1-4H3,(H,35,39);3-7,10,13-15H,8-9,11-12H2,1-2H3,(H,27,31);3-8,10-12,23H,2,9,13H2,1H3,(H,24,28);1-5,8,11-13,15H,6-7,9-10H2,(H,23,24)(H,25,28). The number of aromatic nitrogens is 19. The molecule has 17 heterocycles. The third-order valence-electron chi connectivity index (χ3n) is 21.7. The molecular formula is C98H98N24O20. The molecule has 4 amide bonds. The maximum absolute atomic E-state index is 13.1. The van der Waals surface area contributed by atoms with Crippen LogP contribution in [0.1, 0.15) is 114 Å². The van der Waals surface area contributed by atoms with Crippen LogP contribution < -0.4 is 26.0 Å². The summed E-state index contributed by atoms with van der Waals surface area (Å²) in [5.74, 6) is 0.868. The molecule has 0 spiro atoms. The lowest BCUT2D eigenvalue weighted by Crippen LogP contribution is -2.35. The van der Waals surface area contributed by atoms with Gasteiger partial charge in [0.05, 0.1) is 151 Å². The summed E-state index contributed by atoms with van der Waals surface area (Å²) in [6.45, 7) is 12.1. The van der Waals surface area contributed by atoms with Gasteiger partial charge in [-0.05, 0) is 173 Å². The Bertz CT molecular complexity index is 7100. The minimum Gasteiger partial charge on any atom is -0.497 e. The van der Waals surface area contributed by atoms with Crippen LogP contribution in [0, 0.1) is 10.1 Å². The average Bonchev–Trinajstić information content (AvgIpc) is 1.70. The molecule has 730 valence electrons. The van der Waals surface area contributed by atoms with E-state index in [4.69, 9.17) is 60.7 Å². The van der Waals surface area contributed by atoms with Gasteiger partial charge in [0.15, 0.2) is 23.0 Å². The largest absolute Gasteiger partial charge is 0.497 e. The molecule has 1 aliphatic carbocycles. The number of anilines is 4. The van der Waals surface area contributed by atoms with E-state index in [1.165, 1.54) is 43.1 Å². The summed E-state index contributed by atoms with van der Waals surface area (Å²) in [5, 5.41) is 55.4. The molecule has 0 unspecified atom stereocenters. The van der Waals surface area contributed by atoms with Crippen LogP contribution in [-0.2, 0) is 59.6 Å². The van der Waals surface area contributed by atoms with Gasteiger partial charge in [-0.3, -0.25) is 58.3 Å². The molecule has 1 saturated carbocycles. The molecule has 16 aromatic heterocycles. The van der Waals surface area contributed by atoms with Gasteiger partial charge in [0.25, 0.3) is 23.6 Å². The number of pyridine rings is 4. The lowest BCUT2D eigenvalue weighted by molar-refractivity contribution is -0.389. The van der Waals surface area contributed by atoms with E-state index in [-0.39, 0.29) is 54.1 Å². The summed E-state index contributed by atoms with van der Waals surface area (Å²) < 4.78 is 75.2. The summed E-state index contributed by atoms with van der Waals surface area (Å²) in [5.41, 5.74) is 8.60. The Labute approximate surface area is 809 Å². The van der Waals surface area contributed by atoms with E-state index in [9.17, 15) is 38.9 Å². The first-order valence-corrected chi connectivity index (χ1v) is 44.9. The molecule has 142 heavy (non-hydrogen) atoms. The van der Waals surface area contributed by atoms with Gasteiger partial charge in [0.2, 0.25) is 0 Å². The SMILES string of the molecule is CCCOCn1cc(NC(=O)c2ccc(-c3c[nH]c([N+](=O)[O-])c3)o2)c(-c2ccccn2)n1.COCCn1cc(NC(=O)c2ccc(-c3cnn(C(=O)OC(C)(C)COCc4ccc(OC)cc4)c3)o2)c(-c2ccccn2)n1.COCCn1cc(NC(=O)c2ccc(-c3cnn(C(=O)OC4(C)CC4)c3)o2)c(-c2ccccn2)n1.O=C(Nc1cn(C2CCOCC2)nc1-c1ccccn1)c1ccc(-c2cn[nH]c2)o1. The quantitative estimate of drug-likeness (QED) is 0.0122. The second-order valence-corrected chi connectivity index (χ2v) is 33.0. The Morgan fingerprint density at radius 3 is 1.39 bits per heavy atom. The number of nitrogens with one attached hydrogen (secondary N) is 6. The lowest BCUT2D eigenvalue weighted by atomic mass is 10.1. The summed E-state index contributed by atoms with van der Waals surface area (Å²) in [4.78, 5) is 107. The van der Waals surface area contributed by atoms with E-state index >= 15 is 0 Å². The van der Waals surface area contributed by atoms with Gasteiger partial charge < -0.3 is 86.9 Å². The Balaban J connectivity index is 0.000000138. The Morgan fingerprint density at radius 2 is 0.965 bits per heavy atom. The summed E-state index contributed by atoms with van der Waals surface area (Å²) in [7, 11) is 4.83. The Hall–Kier alpha value is -17.5. The normalized spacial score (nSPS) is 12.6. The highest BCUT2D eigenvalue weighted by Crippen LogP contribution is 2.40. The number of ether oxygens (including phenoxy) is 8. The molecule has 44 heteroatoms. The van der Waals surface area contributed by atoms with Crippen LogP contribution in [0.2, 0.25) is 0 Å². The molecule has 0 bridgehead atoms. The number of carbonyl (C=O) groups is 6. The number of nitro groups is 1. The highest BCUT2D eigenvalue weighted by atomic mass is 16.6. The fourth-order valence-electron chi connectivity index (χ4n) is 14.2. The molecule has 6 N–H and O–H groups in total. The number of aromatic amines is 2. The fourth-order valence-corrected chi connectivity index (χ4v) is 14.2. The molecule has 2 aliphatic rings. The van der Waals surface area contributed by atoms with Crippen molar-refractivity contribution in [2.45, 2.75) is 103 Å². The fraction of sp³-hybridized carbons (Fsp3) is 0.255. The first kappa shape index (κ1) is 97.6. The van der Waals surface area contributed by atoms with E-state index < -0.39 is 46.0 Å². The molecule has 19 rings (SSSR count). The van der Waals surface area contributed by atoms with Crippen molar-refractivity contribution in [2.75, 3.05) is 82.2 Å². The van der Waals surface area contributed by atoms with Gasteiger partial charge in [0, 0.05) is 102 Å². The third-order valence-corrected chi connectivity index (χ3v) is 21.7. The molecule has 0 atom stereocenters. The van der Waals surface area contributed by atoms with E-state index in [0.29, 0.717) is 161 Å². The van der Waals surface area contributed by atoms with Crippen molar-refractivity contribution >= 4 is 64.4 Å². The number of hydrogen-bond acceptors (Lipinski definition) is 31. The van der Waals surface area contributed by atoms with Crippen molar-refractivity contribution in [3.63, 3.8) is 0 Å². The predicted molar refractivity (Wildman–Crippen MR) is 512 cm³/mol. The monoisotopic (exact) mass is 1930 g/mol. The molecule has 1 saturated heterocycles. The molecule has 1 aromatic carbocycles. The van der Waals surface area contributed by atoms with Crippen LogP contribution >= 0.6 is 0 Å². The molecule has 17 aromatic rings. The topological polar surface area (TPSA) is 523 Å². The van der Waals surface area contributed by atoms with Crippen LogP contribution in [-0.4, -0.2) is 207 Å². The lowest BCUT2D eigenvalue weighted by Gasteiger charge is -2.24. The van der Waals surface area contributed by atoms with Gasteiger partial charge in [-0.1, -0.05) is 43.3 Å². The molecule has 44 nitrogen and oxygen atoms in total. The number of furan rings is 4. The summed E-state index contributed by atoms with van der Waals surface area (Å²) >= 11 is 0. The number of H-pyrrole nitrogens is 2. The zero-order valence-corrected chi connectivity index (χ0v) is 78.0. The second-order valence-electron chi connectivity index (χ2n) is 33.0. The smallest absolute Gasteiger partial charge is 0.435 e. The number of benzene rings is 1. The van der Waals surface area contributed by atoms with Crippen molar-refractivity contribution < 1.29 is 89.3 Å².